The molecule has 0 bridgehead atoms. The number of ketones is 1. The van der Waals surface area contributed by atoms with Crippen molar-refractivity contribution < 1.29 is 14.4 Å². The Hall–Kier alpha value is -3.60. The molecule has 120 valence electrons. The highest BCUT2D eigenvalue weighted by Crippen LogP contribution is 2.27. The van der Waals surface area contributed by atoms with Crippen LogP contribution in [0.4, 0.5) is 0 Å². The second kappa shape index (κ2) is 6.13. The first-order chi connectivity index (χ1) is 12.3. The minimum atomic E-state index is -0.604. The second-order valence-electron chi connectivity index (χ2n) is 5.48. The summed E-state index contributed by atoms with van der Waals surface area (Å²) in [5.74, 6) is -0.670. The molecule has 25 heavy (non-hydrogen) atoms. The molecule has 0 aliphatic heterocycles. The molecule has 0 saturated carbocycles. The summed E-state index contributed by atoms with van der Waals surface area (Å²) in [4.78, 5) is 33.8. The largest absolute Gasteiger partial charge is 0.367 e. The molecule has 0 saturated heterocycles. The summed E-state index contributed by atoms with van der Waals surface area (Å²) in [6.45, 7) is 0. The van der Waals surface area contributed by atoms with Crippen LogP contribution in [0.15, 0.2) is 78.2 Å². The third-order valence-electron chi connectivity index (χ3n) is 3.97. The maximum absolute atomic E-state index is 12.6. The van der Waals surface area contributed by atoms with Gasteiger partial charge in [0.1, 0.15) is 5.71 Å². The minimum Gasteiger partial charge on any atom is -0.312 e. The average Bonchev–Trinajstić information content (AvgIpc) is 2.68. The van der Waals surface area contributed by atoms with Gasteiger partial charge in [0.25, 0.3) is 0 Å². The van der Waals surface area contributed by atoms with Crippen LogP contribution in [-0.2, 0) is 4.84 Å². The number of hydrogen-bond acceptors (Lipinski definition) is 5. The number of fused-ring (bicyclic) bond motifs is 2. The molecule has 0 amide bonds. The maximum Gasteiger partial charge on any atom is 0.367 e. The van der Waals surface area contributed by atoms with Crippen LogP contribution < -0.4 is 0 Å². The van der Waals surface area contributed by atoms with Gasteiger partial charge in [-0.15, -0.1) is 0 Å². The zero-order valence-corrected chi connectivity index (χ0v) is 13.0. The molecule has 0 fully saturated rings. The summed E-state index contributed by atoms with van der Waals surface area (Å²) in [6, 6.07) is 17.5. The van der Waals surface area contributed by atoms with Crippen LogP contribution in [0.5, 0.6) is 0 Å². The molecule has 4 rings (SSSR count). The summed E-state index contributed by atoms with van der Waals surface area (Å²) < 4.78 is 0. The molecule has 3 aromatic rings. The smallest absolute Gasteiger partial charge is 0.312 e. The lowest BCUT2D eigenvalue weighted by Crippen LogP contribution is -2.22. The summed E-state index contributed by atoms with van der Waals surface area (Å²) in [5.41, 5.74) is 3.13. The normalized spacial score (nSPS) is 12.2. The van der Waals surface area contributed by atoms with Crippen molar-refractivity contribution in [1.82, 2.24) is 4.98 Å². The number of pyridine rings is 1. The van der Waals surface area contributed by atoms with Crippen molar-refractivity contribution in [2.24, 2.45) is 5.16 Å². The van der Waals surface area contributed by atoms with E-state index in [0.717, 1.165) is 0 Å². The van der Waals surface area contributed by atoms with E-state index in [-0.39, 0.29) is 5.78 Å². The van der Waals surface area contributed by atoms with E-state index in [2.05, 4.69) is 10.1 Å². The molecular weight excluding hydrogens is 316 g/mol. The molecule has 0 N–H and O–H groups in total. The lowest BCUT2D eigenvalue weighted by molar-refractivity contribution is 0.0516. The summed E-state index contributed by atoms with van der Waals surface area (Å²) in [6.07, 6.45) is 2.98. The van der Waals surface area contributed by atoms with E-state index < -0.39 is 5.97 Å². The Morgan fingerprint density at radius 2 is 1.44 bits per heavy atom. The fraction of sp³-hybridized carbons (Fsp3) is 0. The second-order valence-corrected chi connectivity index (χ2v) is 5.48. The van der Waals surface area contributed by atoms with Crippen LogP contribution >= 0.6 is 0 Å². The standard InChI is InChI=1S/C20H12N2O3/c23-19-16-9-3-1-7-14(16)18(15-8-2-4-10-17(15)19)22-25-20(24)13-6-5-11-21-12-13/h1-12H. The van der Waals surface area contributed by atoms with Gasteiger partial charge >= 0.3 is 5.97 Å². The molecule has 1 heterocycles. The van der Waals surface area contributed by atoms with E-state index in [1.165, 1.54) is 6.20 Å². The molecule has 5 nitrogen and oxygen atoms in total. The fourth-order valence-electron chi connectivity index (χ4n) is 2.79. The number of hydrogen-bond donors (Lipinski definition) is 0. The monoisotopic (exact) mass is 328 g/mol. The number of aromatic nitrogens is 1. The van der Waals surface area contributed by atoms with Crippen LogP contribution in [0.25, 0.3) is 0 Å². The van der Waals surface area contributed by atoms with E-state index in [0.29, 0.717) is 33.5 Å². The molecule has 1 aromatic heterocycles. The molecule has 1 aliphatic carbocycles. The van der Waals surface area contributed by atoms with Gasteiger partial charge in [-0.25, -0.2) is 4.79 Å². The van der Waals surface area contributed by atoms with Gasteiger partial charge in [-0.2, -0.15) is 0 Å². The first-order valence-electron chi connectivity index (χ1n) is 7.68. The molecule has 0 radical (unpaired) electrons. The zero-order valence-electron chi connectivity index (χ0n) is 13.0. The Balaban J connectivity index is 1.78. The van der Waals surface area contributed by atoms with Gasteiger partial charge in [0.05, 0.1) is 5.56 Å². The predicted molar refractivity (Wildman–Crippen MR) is 91.6 cm³/mol. The third-order valence-corrected chi connectivity index (χ3v) is 3.97. The highest BCUT2D eigenvalue weighted by atomic mass is 16.7. The van der Waals surface area contributed by atoms with Gasteiger partial charge in [-0.3, -0.25) is 9.78 Å². The molecule has 2 aromatic carbocycles. The average molecular weight is 328 g/mol. The van der Waals surface area contributed by atoms with Crippen molar-refractivity contribution in [2.45, 2.75) is 0 Å². The Morgan fingerprint density at radius 3 is 2.00 bits per heavy atom. The number of rotatable bonds is 2. The Labute approximate surface area is 143 Å². The van der Waals surface area contributed by atoms with Crippen LogP contribution in [-0.4, -0.2) is 22.4 Å². The van der Waals surface area contributed by atoms with E-state index in [1.54, 1.807) is 54.7 Å². The predicted octanol–water partition coefficient (Wildman–Crippen LogP) is 3.24. The van der Waals surface area contributed by atoms with Crippen LogP contribution in [0.1, 0.15) is 37.4 Å². The minimum absolute atomic E-state index is 0.0660. The number of carbonyl (C=O) groups excluding carboxylic acids is 2. The van der Waals surface area contributed by atoms with Gasteiger partial charge < -0.3 is 4.84 Å². The third kappa shape index (κ3) is 2.61. The SMILES string of the molecule is O=C(ON=C1c2ccccc2C(=O)c2ccccc21)c1cccnc1. The van der Waals surface area contributed by atoms with Crippen LogP contribution in [0.2, 0.25) is 0 Å². The van der Waals surface area contributed by atoms with Crippen molar-refractivity contribution >= 4 is 17.5 Å². The van der Waals surface area contributed by atoms with Crippen molar-refractivity contribution in [1.29, 1.82) is 0 Å². The van der Waals surface area contributed by atoms with E-state index >= 15 is 0 Å². The Bertz CT molecular complexity index is 959. The zero-order chi connectivity index (χ0) is 17.2. The Kier molecular flexibility index (Phi) is 3.67. The quantitative estimate of drug-likeness (QED) is 0.418. The fourth-order valence-corrected chi connectivity index (χ4v) is 2.79. The molecule has 0 unspecified atom stereocenters. The molecule has 5 heteroatoms. The van der Waals surface area contributed by atoms with Crippen molar-refractivity contribution in [3.05, 3.63) is 101 Å². The highest BCUT2D eigenvalue weighted by molar-refractivity contribution is 6.30. The summed E-state index contributed by atoms with van der Waals surface area (Å²) >= 11 is 0. The van der Waals surface area contributed by atoms with Crippen LogP contribution in [0, 0.1) is 0 Å². The highest BCUT2D eigenvalue weighted by Gasteiger charge is 2.28. The number of oxime groups is 1. The molecule has 0 spiro atoms. The summed E-state index contributed by atoms with van der Waals surface area (Å²) in [7, 11) is 0. The van der Waals surface area contributed by atoms with Crippen molar-refractivity contribution in [3.8, 4) is 0 Å². The maximum atomic E-state index is 12.6. The van der Waals surface area contributed by atoms with Crippen molar-refractivity contribution in [2.75, 3.05) is 0 Å². The van der Waals surface area contributed by atoms with E-state index in [9.17, 15) is 9.59 Å². The van der Waals surface area contributed by atoms with Crippen LogP contribution in [0.3, 0.4) is 0 Å². The molecule has 0 atom stereocenters. The Morgan fingerprint density at radius 1 is 0.840 bits per heavy atom. The topological polar surface area (TPSA) is 68.6 Å². The first kappa shape index (κ1) is 15.0. The number of benzene rings is 2. The van der Waals surface area contributed by atoms with E-state index in [1.807, 2.05) is 12.1 Å². The number of carbonyl (C=O) groups is 2. The number of nitrogens with zero attached hydrogens (tertiary/aromatic N) is 2. The summed E-state index contributed by atoms with van der Waals surface area (Å²) in [5, 5.41) is 4.06. The van der Waals surface area contributed by atoms with Gasteiger partial charge in [-0.05, 0) is 12.1 Å². The van der Waals surface area contributed by atoms with Gasteiger partial charge in [0.15, 0.2) is 5.78 Å². The molecular formula is C20H12N2O3. The van der Waals surface area contributed by atoms with E-state index in [4.69, 9.17) is 4.84 Å². The lowest BCUT2D eigenvalue weighted by atomic mass is 9.84. The van der Waals surface area contributed by atoms with Gasteiger partial charge in [-0.1, -0.05) is 53.7 Å². The first-order valence-corrected chi connectivity index (χ1v) is 7.68. The van der Waals surface area contributed by atoms with Crippen molar-refractivity contribution in [3.63, 3.8) is 0 Å². The molecule has 1 aliphatic rings. The lowest BCUT2D eigenvalue weighted by Gasteiger charge is -2.19. The van der Waals surface area contributed by atoms with Gasteiger partial charge in [0.2, 0.25) is 0 Å². The van der Waals surface area contributed by atoms with Gasteiger partial charge in [0, 0.05) is 34.6 Å².